The molecular formula is C11H15NO. The van der Waals surface area contributed by atoms with Crippen LogP contribution in [0, 0.1) is 0 Å². The van der Waals surface area contributed by atoms with Crippen molar-refractivity contribution in [1.82, 2.24) is 4.98 Å². The first kappa shape index (κ1) is 8.54. The molecule has 1 heterocycles. The van der Waals surface area contributed by atoms with E-state index in [1.165, 1.54) is 18.5 Å². The largest absolute Gasteiger partial charge is 0.475 e. The van der Waals surface area contributed by atoms with E-state index in [0.29, 0.717) is 5.92 Å². The summed E-state index contributed by atoms with van der Waals surface area (Å²) in [6, 6.07) is 6.04. The van der Waals surface area contributed by atoms with Crippen LogP contribution in [0.3, 0.4) is 0 Å². The molecule has 0 spiro atoms. The third-order valence-electron chi connectivity index (χ3n) is 2.10. The van der Waals surface area contributed by atoms with Crippen LogP contribution in [-0.2, 0) is 0 Å². The van der Waals surface area contributed by atoms with E-state index in [1.54, 1.807) is 0 Å². The molecule has 0 amide bonds. The smallest absolute Gasteiger partial charge is 0.213 e. The van der Waals surface area contributed by atoms with Gasteiger partial charge in [0.1, 0.15) is 0 Å². The van der Waals surface area contributed by atoms with Gasteiger partial charge in [0.25, 0.3) is 0 Å². The molecule has 70 valence electrons. The number of pyridine rings is 1. The summed E-state index contributed by atoms with van der Waals surface area (Å²) in [6.07, 6.45) is 2.79. The molecule has 1 fully saturated rings. The standard InChI is InChI=1S/C11H15NO/c1-8(2)13-11-5-3-4-10(12-11)9-6-7-9/h3-5,8-9H,6-7H2,1-2H3. The lowest BCUT2D eigenvalue weighted by molar-refractivity contribution is 0.232. The number of nitrogens with zero attached hydrogens (tertiary/aromatic N) is 1. The third kappa shape index (κ3) is 2.20. The quantitative estimate of drug-likeness (QED) is 0.708. The topological polar surface area (TPSA) is 22.1 Å². The number of hydrogen-bond donors (Lipinski definition) is 0. The number of rotatable bonds is 3. The van der Waals surface area contributed by atoms with Crippen LogP contribution in [0.2, 0.25) is 0 Å². The van der Waals surface area contributed by atoms with Gasteiger partial charge in [-0.15, -0.1) is 0 Å². The molecular weight excluding hydrogens is 162 g/mol. The van der Waals surface area contributed by atoms with E-state index in [0.717, 1.165) is 5.88 Å². The Hall–Kier alpha value is -1.05. The van der Waals surface area contributed by atoms with Crippen molar-refractivity contribution in [1.29, 1.82) is 0 Å². The Morgan fingerprint density at radius 3 is 2.77 bits per heavy atom. The molecule has 1 saturated carbocycles. The van der Waals surface area contributed by atoms with E-state index in [-0.39, 0.29) is 6.10 Å². The maximum Gasteiger partial charge on any atom is 0.213 e. The van der Waals surface area contributed by atoms with Crippen LogP contribution in [0.25, 0.3) is 0 Å². The maximum atomic E-state index is 5.52. The molecule has 1 aromatic rings. The molecule has 0 atom stereocenters. The Morgan fingerprint density at radius 2 is 2.15 bits per heavy atom. The fraction of sp³-hybridized carbons (Fsp3) is 0.545. The highest BCUT2D eigenvalue weighted by Gasteiger charge is 2.25. The predicted molar refractivity (Wildman–Crippen MR) is 52.0 cm³/mol. The van der Waals surface area contributed by atoms with Crippen LogP contribution in [0.1, 0.15) is 38.3 Å². The summed E-state index contributed by atoms with van der Waals surface area (Å²) in [5.41, 5.74) is 1.19. The molecule has 1 aliphatic rings. The van der Waals surface area contributed by atoms with Gasteiger partial charge in [-0.1, -0.05) is 6.07 Å². The van der Waals surface area contributed by atoms with Crippen LogP contribution >= 0.6 is 0 Å². The summed E-state index contributed by atoms with van der Waals surface area (Å²) in [6.45, 7) is 4.04. The minimum Gasteiger partial charge on any atom is -0.475 e. The van der Waals surface area contributed by atoms with Crippen molar-refractivity contribution in [3.05, 3.63) is 23.9 Å². The second kappa shape index (κ2) is 3.36. The maximum absolute atomic E-state index is 5.52. The SMILES string of the molecule is CC(C)Oc1cccc(C2CC2)n1. The minimum atomic E-state index is 0.210. The Bertz CT molecular complexity index is 292. The molecule has 0 aliphatic heterocycles. The van der Waals surface area contributed by atoms with Crippen molar-refractivity contribution in [2.45, 2.75) is 38.7 Å². The molecule has 1 aliphatic carbocycles. The molecule has 2 rings (SSSR count). The minimum absolute atomic E-state index is 0.210. The fourth-order valence-corrected chi connectivity index (χ4v) is 1.34. The predicted octanol–water partition coefficient (Wildman–Crippen LogP) is 2.75. The van der Waals surface area contributed by atoms with Gasteiger partial charge in [-0.3, -0.25) is 0 Å². The van der Waals surface area contributed by atoms with Crippen molar-refractivity contribution >= 4 is 0 Å². The number of ether oxygens (including phenoxy) is 1. The van der Waals surface area contributed by atoms with E-state index in [2.05, 4.69) is 11.1 Å². The van der Waals surface area contributed by atoms with Gasteiger partial charge in [0.2, 0.25) is 5.88 Å². The lowest BCUT2D eigenvalue weighted by Gasteiger charge is -2.09. The first-order valence-corrected chi connectivity index (χ1v) is 4.89. The van der Waals surface area contributed by atoms with Gasteiger partial charge in [0, 0.05) is 17.7 Å². The Balaban J connectivity index is 2.12. The van der Waals surface area contributed by atoms with Crippen molar-refractivity contribution in [2.24, 2.45) is 0 Å². The molecule has 1 aromatic heterocycles. The van der Waals surface area contributed by atoms with Gasteiger partial charge in [-0.2, -0.15) is 0 Å². The highest BCUT2D eigenvalue weighted by atomic mass is 16.5. The molecule has 2 nitrogen and oxygen atoms in total. The zero-order chi connectivity index (χ0) is 9.26. The highest BCUT2D eigenvalue weighted by Crippen LogP contribution is 2.39. The van der Waals surface area contributed by atoms with Crippen LogP contribution in [0.4, 0.5) is 0 Å². The average molecular weight is 177 g/mol. The summed E-state index contributed by atoms with van der Waals surface area (Å²) in [7, 11) is 0. The van der Waals surface area contributed by atoms with Crippen molar-refractivity contribution in [3.63, 3.8) is 0 Å². The second-order valence-electron chi connectivity index (χ2n) is 3.84. The van der Waals surface area contributed by atoms with Gasteiger partial charge < -0.3 is 4.74 Å². The molecule has 0 N–H and O–H groups in total. The van der Waals surface area contributed by atoms with Gasteiger partial charge >= 0.3 is 0 Å². The molecule has 2 heteroatoms. The molecule has 0 aromatic carbocycles. The summed E-state index contributed by atoms with van der Waals surface area (Å²) in [5.74, 6) is 1.47. The molecule has 0 saturated heterocycles. The first-order valence-electron chi connectivity index (χ1n) is 4.89. The van der Waals surface area contributed by atoms with Crippen molar-refractivity contribution < 1.29 is 4.74 Å². The van der Waals surface area contributed by atoms with Crippen LogP contribution in [0.15, 0.2) is 18.2 Å². The van der Waals surface area contributed by atoms with E-state index in [9.17, 15) is 0 Å². The number of aromatic nitrogens is 1. The van der Waals surface area contributed by atoms with Gasteiger partial charge in [-0.05, 0) is 32.8 Å². The third-order valence-corrected chi connectivity index (χ3v) is 2.10. The summed E-state index contributed by atoms with van der Waals surface area (Å²) >= 11 is 0. The van der Waals surface area contributed by atoms with E-state index in [1.807, 2.05) is 26.0 Å². The van der Waals surface area contributed by atoms with Crippen molar-refractivity contribution in [3.8, 4) is 5.88 Å². The Labute approximate surface area is 78.9 Å². The zero-order valence-corrected chi connectivity index (χ0v) is 8.16. The zero-order valence-electron chi connectivity index (χ0n) is 8.16. The van der Waals surface area contributed by atoms with Crippen molar-refractivity contribution in [2.75, 3.05) is 0 Å². The van der Waals surface area contributed by atoms with E-state index in [4.69, 9.17) is 4.74 Å². The highest BCUT2D eigenvalue weighted by molar-refractivity contribution is 5.21. The fourth-order valence-electron chi connectivity index (χ4n) is 1.34. The normalized spacial score (nSPS) is 16.2. The number of hydrogen-bond acceptors (Lipinski definition) is 2. The summed E-state index contributed by atoms with van der Waals surface area (Å²) in [5, 5.41) is 0. The summed E-state index contributed by atoms with van der Waals surface area (Å²) in [4.78, 5) is 4.45. The molecule has 0 bridgehead atoms. The van der Waals surface area contributed by atoms with Gasteiger partial charge in [0.15, 0.2) is 0 Å². The molecule has 0 unspecified atom stereocenters. The van der Waals surface area contributed by atoms with Gasteiger partial charge in [-0.25, -0.2) is 4.98 Å². The van der Waals surface area contributed by atoms with E-state index < -0.39 is 0 Å². The average Bonchev–Trinajstić information content (AvgIpc) is 2.85. The van der Waals surface area contributed by atoms with E-state index >= 15 is 0 Å². The lowest BCUT2D eigenvalue weighted by atomic mass is 10.2. The monoisotopic (exact) mass is 177 g/mol. The molecule has 0 radical (unpaired) electrons. The lowest BCUT2D eigenvalue weighted by Crippen LogP contribution is -2.07. The van der Waals surface area contributed by atoms with Gasteiger partial charge in [0.05, 0.1) is 6.10 Å². The van der Waals surface area contributed by atoms with Crippen LogP contribution < -0.4 is 4.74 Å². The first-order chi connectivity index (χ1) is 6.25. The Morgan fingerprint density at radius 1 is 1.38 bits per heavy atom. The van der Waals surface area contributed by atoms with Crippen LogP contribution in [-0.4, -0.2) is 11.1 Å². The second-order valence-corrected chi connectivity index (χ2v) is 3.84. The summed E-state index contributed by atoms with van der Waals surface area (Å²) < 4.78 is 5.52. The van der Waals surface area contributed by atoms with Crippen LogP contribution in [0.5, 0.6) is 5.88 Å². The Kier molecular flexibility index (Phi) is 2.21. The molecule has 13 heavy (non-hydrogen) atoms.